The minimum Gasteiger partial charge on any atom is -0.389 e. The highest BCUT2D eigenvalue weighted by Gasteiger charge is 2.39. The van der Waals surface area contributed by atoms with Crippen LogP contribution in [0.2, 0.25) is 0 Å². The third-order valence-corrected chi connectivity index (χ3v) is 4.70. The van der Waals surface area contributed by atoms with Gasteiger partial charge in [0.05, 0.1) is 16.0 Å². The number of benzene rings is 1. The van der Waals surface area contributed by atoms with E-state index in [0.717, 1.165) is 0 Å². The van der Waals surface area contributed by atoms with Crippen LogP contribution in [-0.2, 0) is 10.0 Å². The molecule has 0 radical (unpaired) electrons. The van der Waals surface area contributed by atoms with E-state index < -0.39 is 37.7 Å². The van der Waals surface area contributed by atoms with Gasteiger partial charge >= 0.3 is 0 Å². The Morgan fingerprint density at radius 2 is 1.47 bits per heavy atom. The maximum absolute atomic E-state index is 13.0. The molecular formula is C12H17F2NO3S. The van der Waals surface area contributed by atoms with Gasteiger partial charge in [0.1, 0.15) is 11.6 Å². The Hall–Kier alpha value is -1.05. The van der Waals surface area contributed by atoms with E-state index in [4.69, 9.17) is 0 Å². The number of nitrogens with one attached hydrogen (secondary N) is 1. The predicted octanol–water partition coefficient (Wildman–Crippen LogP) is 1.79. The molecule has 0 atom stereocenters. The van der Waals surface area contributed by atoms with Gasteiger partial charge in [0.25, 0.3) is 0 Å². The number of rotatable bonds is 4. The Morgan fingerprint density at radius 1 is 1.05 bits per heavy atom. The monoisotopic (exact) mass is 293 g/mol. The van der Waals surface area contributed by atoms with E-state index >= 15 is 0 Å². The average molecular weight is 293 g/mol. The molecule has 0 amide bonds. The average Bonchev–Trinajstić information content (AvgIpc) is 2.12. The molecule has 0 saturated carbocycles. The summed E-state index contributed by atoms with van der Waals surface area (Å²) in [4.78, 5) is -0.526. The number of aliphatic hydroxyl groups is 1. The van der Waals surface area contributed by atoms with Crippen molar-refractivity contribution in [2.24, 2.45) is 0 Å². The van der Waals surface area contributed by atoms with Gasteiger partial charge in [-0.1, -0.05) is 0 Å². The minimum absolute atomic E-state index is 0.526. The molecule has 4 nitrogen and oxygen atoms in total. The Labute approximate surface area is 111 Å². The second-order valence-electron chi connectivity index (χ2n) is 5.39. The summed E-state index contributed by atoms with van der Waals surface area (Å²) in [7, 11) is -4.14. The van der Waals surface area contributed by atoms with Gasteiger partial charge in [-0.2, -0.15) is 0 Å². The molecule has 19 heavy (non-hydrogen) atoms. The Balaban J connectivity index is 3.19. The first-order valence-corrected chi connectivity index (χ1v) is 7.06. The molecule has 0 spiro atoms. The molecule has 0 aliphatic carbocycles. The third kappa shape index (κ3) is 3.71. The van der Waals surface area contributed by atoms with Crippen LogP contribution in [-0.4, -0.2) is 24.7 Å². The summed E-state index contributed by atoms with van der Waals surface area (Å²) >= 11 is 0. The Kier molecular flexibility index (Phi) is 4.05. The SMILES string of the molecule is CC(C)(O)C(C)(C)NS(=O)(=O)c1cc(F)cc(F)c1. The van der Waals surface area contributed by atoms with Crippen LogP contribution in [0.25, 0.3) is 0 Å². The molecule has 0 aliphatic rings. The van der Waals surface area contributed by atoms with Gasteiger partial charge in [-0.25, -0.2) is 21.9 Å². The van der Waals surface area contributed by atoms with E-state index in [2.05, 4.69) is 4.72 Å². The summed E-state index contributed by atoms with van der Waals surface area (Å²) in [5.74, 6) is -1.97. The first kappa shape index (κ1) is 16.0. The molecule has 0 saturated heterocycles. The molecule has 0 heterocycles. The van der Waals surface area contributed by atoms with Crippen molar-refractivity contribution in [3.05, 3.63) is 29.8 Å². The highest BCUT2D eigenvalue weighted by atomic mass is 32.2. The van der Waals surface area contributed by atoms with Crippen LogP contribution in [0.5, 0.6) is 0 Å². The van der Waals surface area contributed by atoms with Crippen LogP contribution in [0.3, 0.4) is 0 Å². The third-order valence-electron chi connectivity index (χ3n) is 3.07. The summed E-state index contributed by atoms with van der Waals surface area (Å²) < 4.78 is 52.4. The summed E-state index contributed by atoms with van der Waals surface area (Å²) in [5.41, 5.74) is -2.57. The highest BCUT2D eigenvalue weighted by Crippen LogP contribution is 2.24. The van der Waals surface area contributed by atoms with Gasteiger partial charge in [-0.15, -0.1) is 0 Å². The first-order valence-electron chi connectivity index (χ1n) is 5.58. The molecule has 1 aromatic rings. The molecule has 108 valence electrons. The second-order valence-corrected chi connectivity index (χ2v) is 7.08. The summed E-state index contributed by atoms with van der Waals surface area (Å²) in [6.07, 6.45) is 0. The summed E-state index contributed by atoms with van der Waals surface area (Å²) in [5, 5.41) is 9.89. The van der Waals surface area contributed by atoms with Crippen LogP contribution < -0.4 is 4.72 Å². The lowest BCUT2D eigenvalue weighted by Crippen LogP contribution is -2.57. The standard InChI is InChI=1S/C12H17F2NO3S/c1-11(2,12(3,4)16)15-19(17,18)10-6-8(13)5-9(14)7-10/h5-7,15-16H,1-4H3. The maximum atomic E-state index is 13.0. The van der Waals surface area contributed by atoms with E-state index in [9.17, 15) is 22.3 Å². The smallest absolute Gasteiger partial charge is 0.241 e. The lowest BCUT2D eigenvalue weighted by molar-refractivity contribution is 0.00638. The van der Waals surface area contributed by atoms with Gasteiger partial charge in [-0.3, -0.25) is 0 Å². The summed E-state index contributed by atoms with van der Waals surface area (Å²) in [6, 6.07) is 2.01. The normalized spacial score (nSPS) is 13.6. The van der Waals surface area contributed by atoms with E-state index in [0.29, 0.717) is 18.2 Å². The van der Waals surface area contributed by atoms with Gasteiger partial charge < -0.3 is 5.11 Å². The fourth-order valence-corrected chi connectivity index (χ4v) is 2.78. The van der Waals surface area contributed by atoms with E-state index in [1.165, 1.54) is 27.7 Å². The molecule has 1 aromatic carbocycles. The van der Waals surface area contributed by atoms with Gasteiger partial charge in [-0.05, 0) is 39.8 Å². The summed E-state index contributed by atoms with van der Waals surface area (Å²) in [6.45, 7) is 5.81. The van der Waals surface area contributed by atoms with Crippen molar-refractivity contribution in [2.45, 2.75) is 43.7 Å². The van der Waals surface area contributed by atoms with Crippen molar-refractivity contribution in [2.75, 3.05) is 0 Å². The van der Waals surface area contributed by atoms with Crippen molar-refractivity contribution in [1.82, 2.24) is 4.72 Å². The zero-order valence-electron chi connectivity index (χ0n) is 11.2. The quantitative estimate of drug-likeness (QED) is 0.889. The Morgan fingerprint density at radius 3 is 1.84 bits per heavy atom. The lowest BCUT2D eigenvalue weighted by Gasteiger charge is -2.37. The van der Waals surface area contributed by atoms with Crippen molar-refractivity contribution < 1.29 is 22.3 Å². The zero-order valence-corrected chi connectivity index (χ0v) is 12.0. The van der Waals surface area contributed by atoms with E-state index in [-0.39, 0.29) is 0 Å². The molecule has 2 N–H and O–H groups in total. The molecule has 0 fully saturated rings. The van der Waals surface area contributed by atoms with E-state index in [1.807, 2.05) is 0 Å². The van der Waals surface area contributed by atoms with Crippen molar-refractivity contribution in [3.63, 3.8) is 0 Å². The number of halogens is 2. The lowest BCUT2D eigenvalue weighted by atomic mass is 9.87. The molecule has 0 bridgehead atoms. The fraction of sp³-hybridized carbons (Fsp3) is 0.500. The molecule has 1 rings (SSSR count). The van der Waals surface area contributed by atoms with Crippen molar-refractivity contribution >= 4 is 10.0 Å². The fourth-order valence-electron chi connectivity index (χ4n) is 1.20. The number of hydrogen-bond donors (Lipinski definition) is 2. The molecular weight excluding hydrogens is 276 g/mol. The van der Waals surface area contributed by atoms with Gasteiger partial charge in [0, 0.05) is 6.07 Å². The second kappa shape index (κ2) is 4.81. The van der Waals surface area contributed by atoms with Gasteiger partial charge in [0.2, 0.25) is 10.0 Å². The van der Waals surface area contributed by atoms with Crippen LogP contribution >= 0.6 is 0 Å². The topological polar surface area (TPSA) is 66.4 Å². The van der Waals surface area contributed by atoms with Crippen molar-refractivity contribution in [3.8, 4) is 0 Å². The number of sulfonamides is 1. The molecule has 0 unspecified atom stereocenters. The zero-order chi connectivity index (χ0) is 15.1. The van der Waals surface area contributed by atoms with Crippen LogP contribution in [0.4, 0.5) is 8.78 Å². The molecule has 0 aromatic heterocycles. The minimum atomic E-state index is -4.14. The van der Waals surface area contributed by atoms with Crippen molar-refractivity contribution in [1.29, 1.82) is 0 Å². The maximum Gasteiger partial charge on any atom is 0.241 e. The van der Waals surface area contributed by atoms with Gasteiger partial charge in [0.15, 0.2) is 0 Å². The number of hydrogen-bond acceptors (Lipinski definition) is 3. The Bertz CT molecular complexity index is 557. The predicted molar refractivity (Wildman–Crippen MR) is 67.1 cm³/mol. The first-order chi connectivity index (χ1) is 8.35. The van der Waals surface area contributed by atoms with Crippen LogP contribution in [0.15, 0.2) is 23.1 Å². The van der Waals surface area contributed by atoms with Crippen LogP contribution in [0, 0.1) is 11.6 Å². The largest absolute Gasteiger partial charge is 0.389 e. The molecule has 7 heteroatoms. The molecule has 0 aliphatic heterocycles. The van der Waals surface area contributed by atoms with E-state index in [1.54, 1.807) is 0 Å². The van der Waals surface area contributed by atoms with Crippen LogP contribution in [0.1, 0.15) is 27.7 Å². The highest BCUT2D eigenvalue weighted by molar-refractivity contribution is 7.89.